The predicted molar refractivity (Wildman–Crippen MR) is 83.6 cm³/mol. The zero-order chi connectivity index (χ0) is 15.4. The highest BCUT2D eigenvalue weighted by Crippen LogP contribution is 2.40. The van der Waals surface area contributed by atoms with Crippen LogP contribution in [0.1, 0.15) is 26.2 Å². The number of ether oxygens (including phenoxy) is 1. The molecule has 2 aliphatic heterocycles. The number of nitrogens with zero attached hydrogens (tertiary/aromatic N) is 4. The number of carbonyl (C=O) groups excluding carboxylic acids is 1. The first-order valence-corrected chi connectivity index (χ1v) is 8.10. The van der Waals surface area contributed by atoms with Crippen molar-refractivity contribution >= 4 is 11.9 Å². The van der Waals surface area contributed by atoms with Crippen molar-refractivity contribution < 1.29 is 9.53 Å². The molecule has 2 aliphatic rings. The molecule has 2 fully saturated rings. The minimum absolute atomic E-state index is 0.132. The Labute approximate surface area is 131 Å². The standard InChI is InChI=1S/C16H24N4O2/c1-2-22-12-14(21)20-11-6-16(13-20)4-9-19(10-5-16)15-17-7-3-8-18-15/h3,7-8H,2,4-6,9-13H2,1H3. The van der Waals surface area contributed by atoms with Crippen LogP contribution in [0, 0.1) is 5.41 Å². The van der Waals surface area contributed by atoms with E-state index in [0.29, 0.717) is 6.61 Å². The van der Waals surface area contributed by atoms with Gasteiger partial charge in [0.1, 0.15) is 6.61 Å². The van der Waals surface area contributed by atoms with Crippen LogP contribution in [0.15, 0.2) is 18.5 Å². The molecule has 6 nitrogen and oxygen atoms in total. The highest BCUT2D eigenvalue weighted by Gasteiger charge is 2.42. The molecule has 3 heterocycles. The van der Waals surface area contributed by atoms with Crippen molar-refractivity contribution in [3.05, 3.63) is 18.5 Å². The summed E-state index contributed by atoms with van der Waals surface area (Å²) in [5, 5.41) is 0. The van der Waals surface area contributed by atoms with Gasteiger partial charge in [-0.15, -0.1) is 0 Å². The SMILES string of the molecule is CCOCC(=O)N1CCC2(CCN(c3ncccn3)CC2)C1. The van der Waals surface area contributed by atoms with Crippen LogP contribution in [0.4, 0.5) is 5.95 Å². The molecule has 1 aromatic heterocycles. The fourth-order valence-electron chi connectivity index (χ4n) is 3.47. The molecule has 0 unspecified atom stereocenters. The molecule has 0 N–H and O–H groups in total. The molecule has 1 amide bonds. The van der Waals surface area contributed by atoms with Crippen molar-refractivity contribution in [2.75, 3.05) is 44.3 Å². The lowest BCUT2D eigenvalue weighted by Crippen LogP contribution is -2.43. The zero-order valence-electron chi connectivity index (χ0n) is 13.2. The first-order valence-electron chi connectivity index (χ1n) is 8.10. The second-order valence-electron chi connectivity index (χ2n) is 6.24. The second kappa shape index (κ2) is 6.60. The van der Waals surface area contributed by atoms with Crippen LogP contribution >= 0.6 is 0 Å². The number of rotatable bonds is 4. The maximum Gasteiger partial charge on any atom is 0.248 e. The molecular formula is C16H24N4O2. The summed E-state index contributed by atoms with van der Waals surface area (Å²) >= 11 is 0. The van der Waals surface area contributed by atoms with E-state index < -0.39 is 0 Å². The summed E-state index contributed by atoms with van der Waals surface area (Å²) in [6.45, 7) is 6.42. The van der Waals surface area contributed by atoms with Gasteiger partial charge in [0.15, 0.2) is 0 Å². The van der Waals surface area contributed by atoms with Gasteiger partial charge in [-0.3, -0.25) is 4.79 Å². The van der Waals surface area contributed by atoms with E-state index in [-0.39, 0.29) is 17.9 Å². The fourth-order valence-corrected chi connectivity index (χ4v) is 3.47. The summed E-state index contributed by atoms with van der Waals surface area (Å²) in [6, 6.07) is 1.84. The Morgan fingerprint density at radius 1 is 1.23 bits per heavy atom. The van der Waals surface area contributed by atoms with E-state index in [1.165, 1.54) is 0 Å². The van der Waals surface area contributed by atoms with E-state index in [9.17, 15) is 4.79 Å². The molecule has 3 rings (SSSR count). The molecule has 0 atom stereocenters. The molecule has 120 valence electrons. The van der Waals surface area contributed by atoms with Gasteiger partial charge >= 0.3 is 0 Å². The molecule has 1 spiro atoms. The smallest absolute Gasteiger partial charge is 0.248 e. The van der Waals surface area contributed by atoms with Gasteiger partial charge in [0, 0.05) is 45.2 Å². The number of carbonyl (C=O) groups is 1. The van der Waals surface area contributed by atoms with Crippen LogP contribution in [0.25, 0.3) is 0 Å². The summed E-state index contributed by atoms with van der Waals surface area (Å²) in [6.07, 6.45) is 6.88. The third-order valence-electron chi connectivity index (χ3n) is 4.88. The molecule has 0 radical (unpaired) electrons. The molecule has 1 aromatic rings. The number of anilines is 1. The number of hydrogen-bond acceptors (Lipinski definition) is 5. The Hall–Kier alpha value is -1.69. The normalized spacial score (nSPS) is 20.6. The van der Waals surface area contributed by atoms with Gasteiger partial charge in [-0.05, 0) is 37.7 Å². The Balaban J connectivity index is 1.54. The average Bonchev–Trinajstić information content (AvgIpc) is 2.98. The van der Waals surface area contributed by atoms with Crippen LogP contribution in [-0.4, -0.2) is 60.2 Å². The lowest BCUT2D eigenvalue weighted by atomic mass is 9.78. The van der Waals surface area contributed by atoms with Crippen LogP contribution in [0.3, 0.4) is 0 Å². The van der Waals surface area contributed by atoms with E-state index in [4.69, 9.17) is 4.74 Å². The molecular weight excluding hydrogens is 280 g/mol. The van der Waals surface area contributed by atoms with Crippen molar-refractivity contribution in [3.63, 3.8) is 0 Å². The lowest BCUT2D eigenvalue weighted by molar-refractivity contribution is -0.135. The van der Waals surface area contributed by atoms with Crippen molar-refractivity contribution in [2.45, 2.75) is 26.2 Å². The van der Waals surface area contributed by atoms with Gasteiger partial charge in [-0.25, -0.2) is 9.97 Å². The van der Waals surface area contributed by atoms with Gasteiger partial charge in [-0.1, -0.05) is 0 Å². The molecule has 0 aromatic carbocycles. The number of piperidine rings is 1. The van der Waals surface area contributed by atoms with Gasteiger partial charge < -0.3 is 14.5 Å². The van der Waals surface area contributed by atoms with E-state index in [1.54, 1.807) is 12.4 Å². The van der Waals surface area contributed by atoms with Crippen LogP contribution < -0.4 is 4.90 Å². The number of aromatic nitrogens is 2. The van der Waals surface area contributed by atoms with Crippen LogP contribution in [0.5, 0.6) is 0 Å². The van der Waals surface area contributed by atoms with Crippen LogP contribution in [0.2, 0.25) is 0 Å². The van der Waals surface area contributed by atoms with Crippen molar-refractivity contribution in [2.24, 2.45) is 5.41 Å². The largest absolute Gasteiger partial charge is 0.372 e. The van der Waals surface area contributed by atoms with Gasteiger partial charge in [0.25, 0.3) is 0 Å². The average molecular weight is 304 g/mol. The van der Waals surface area contributed by atoms with Crippen molar-refractivity contribution in [1.29, 1.82) is 0 Å². The summed E-state index contributed by atoms with van der Waals surface area (Å²) in [5.41, 5.74) is 0.285. The van der Waals surface area contributed by atoms with E-state index in [0.717, 1.165) is 51.4 Å². The minimum Gasteiger partial charge on any atom is -0.372 e. The van der Waals surface area contributed by atoms with Crippen molar-refractivity contribution in [1.82, 2.24) is 14.9 Å². The molecule has 0 aliphatic carbocycles. The molecule has 22 heavy (non-hydrogen) atoms. The van der Waals surface area contributed by atoms with Gasteiger partial charge in [0.05, 0.1) is 0 Å². The third kappa shape index (κ3) is 3.21. The van der Waals surface area contributed by atoms with E-state index >= 15 is 0 Å². The molecule has 0 bridgehead atoms. The van der Waals surface area contributed by atoms with E-state index in [2.05, 4.69) is 14.9 Å². The Morgan fingerprint density at radius 3 is 2.59 bits per heavy atom. The maximum absolute atomic E-state index is 12.1. The number of likely N-dealkylation sites (tertiary alicyclic amines) is 1. The highest BCUT2D eigenvalue weighted by molar-refractivity contribution is 5.77. The monoisotopic (exact) mass is 304 g/mol. The second-order valence-corrected chi connectivity index (χ2v) is 6.24. The van der Waals surface area contributed by atoms with Gasteiger partial charge in [-0.2, -0.15) is 0 Å². The minimum atomic E-state index is 0.132. The van der Waals surface area contributed by atoms with E-state index in [1.807, 2.05) is 17.9 Å². The Kier molecular flexibility index (Phi) is 4.57. The molecule has 6 heteroatoms. The summed E-state index contributed by atoms with van der Waals surface area (Å²) in [4.78, 5) is 25.0. The fraction of sp³-hybridized carbons (Fsp3) is 0.688. The quantitative estimate of drug-likeness (QED) is 0.840. The summed E-state index contributed by atoms with van der Waals surface area (Å²) in [7, 11) is 0. The topological polar surface area (TPSA) is 58.6 Å². The number of amides is 1. The summed E-state index contributed by atoms with van der Waals surface area (Å²) < 4.78 is 5.24. The third-order valence-corrected chi connectivity index (χ3v) is 4.88. The first kappa shape index (κ1) is 15.2. The van der Waals surface area contributed by atoms with Gasteiger partial charge in [0.2, 0.25) is 11.9 Å². The Bertz CT molecular complexity index is 500. The summed E-state index contributed by atoms with van der Waals surface area (Å²) in [5.74, 6) is 0.951. The van der Waals surface area contributed by atoms with Crippen molar-refractivity contribution in [3.8, 4) is 0 Å². The van der Waals surface area contributed by atoms with Crippen LogP contribution in [-0.2, 0) is 9.53 Å². The maximum atomic E-state index is 12.1. The first-order chi connectivity index (χ1) is 10.7. The Morgan fingerprint density at radius 2 is 1.91 bits per heavy atom. The molecule has 0 saturated carbocycles. The number of hydrogen-bond donors (Lipinski definition) is 0. The highest BCUT2D eigenvalue weighted by atomic mass is 16.5. The predicted octanol–water partition coefficient (Wildman–Crippen LogP) is 1.33. The lowest BCUT2D eigenvalue weighted by Gasteiger charge is -2.39. The zero-order valence-corrected chi connectivity index (χ0v) is 13.2. The molecule has 2 saturated heterocycles.